The molecular weight excluding hydrogens is 495 g/mol. The van der Waals surface area contributed by atoms with E-state index in [4.69, 9.17) is 19.6 Å². The van der Waals surface area contributed by atoms with Crippen molar-refractivity contribution < 1.29 is 28.6 Å². The van der Waals surface area contributed by atoms with Crippen LogP contribution in [0.1, 0.15) is 38.3 Å². The van der Waals surface area contributed by atoms with Crippen molar-refractivity contribution in [3.63, 3.8) is 0 Å². The number of carbonyl (C=O) groups excluding carboxylic acids is 1. The third-order valence-electron chi connectivity index (χ3n) is 6.50. The summed E-state index contributed by atoms with van der Waals surface area (Å²) in [5.41, 5.74) is 1.33. The van der Waals surface area contributed by atoms with Crippen LogP contribution in [0, 0.1) is 17.2 Å². The second-order valence-corrected chi connectivity index (χ2v) is 9.86. The van der Waals surface area contributed by atoms with Gasteiger partial charge in [0.1, 0.15) is 5.82 Å². The number of carboxylic acid groups (broad SMARTS) is 1. The molecule has 1 amide bonds. The number of carboxylic acids is 1. The number of anilines is 1. The number of ether oxygens (including phenoxy) is 2. The first-order chi connectivity index (χ1) is 18.3. The van der Waals surface area contributed by atoms with Gasteiger partial charge in [0.05, 0.1) is 42.1 Å². The second-order valence-electron chi connectivity index (χ2n) is 9.86. The lowest BCUT2D eigenvalue weighted by Crippen LogP contribution is -2.49. The number of imidazole rings is 1. The molecule has 1 aliphatic heterocycles. The van der Waals surface area contributed by atoms with E-state index in [9.17, 15) is 14.0 Å². The van der Waals surface area contributed by atoms with E-state index in [1.54, 1.807) is 24.4 Å². The number of benzene rings is 1. The SMILES string of the molecule is CC1(C(=O)NCC2CC2)COC(c2nc(-c3ccc(F)cc3)c(-c3ccnc(NCCC(=O)O)n3)[nH]2)OC1. The highest BCUT2D eigenvalue weighted by atomic mass is 19.1. The van der Waals surface area contributed by atoms with E-state index in [1.807, 2.05) is 6.92 Å². The van der Waals surface area contributed by atoms with Crippen LogP contribution in [0.25, 0.3) is 22.6 Å². The van der Waals surface area contributed by atoms with Gasteiger partial charge in [0.15, 0.2) is 5.82 Å². The van der Waals surface area contributed by atoms with Crippen LogP contribution in [0.4, 0.5) is 10.3 Å². The fraction of sp³-hybridized carbons (Fsp3) is 0.423. The molecule has 2 aliphatic rings. The van der Waals surface area contributed by atoms with E-state index >= 15 is 0 Å². The predicted molar refractivity (Wildman–Crippen MR) is 134 cm³/mol. The van der Waals surface area contributed by atoms with Gasteiger partial charge in [-0.15, -0.1) is 0 Å². The van der Waals surface area contributed by atoms with Crippen LogP contribution in [0.15, 0.2) is 36.5 Å². The summed E-state index contributed by atoms with van der Waals surface area (Å²) in [5.74, 6) is -0.215. The minimum Gasteiger partial charge on any atom is -0.481 e. The number of rotatable bonds is 10. The summed E-state index contributed by atoms with van der Waals surface area (Å²) in [5, 5.41) is 14.8. The Labute approximate surface area is 218 Å². The van der Waals surface area contributed by atoms with E-state index in [-0.39, 0.29) is 43.9 Å². The molecule has 0 atom stereocenters. The molecule has 38 heavy (non-hydrogen) atoms. The van der Waals surface area contributed by atoms with Gasteiger partial charge in [-0.25, -0.2) is 19.3 Å². The molecular formula is C26H29FN6O5. The third-order valence-corrected chi connectivity index (χ3v) is 6.50. The summed E-state index contributed by atoms with van der Waals surface area (Å²) in [4.78, 5) is 40.1. The monoisotopic (exact) mass is 524 g/mol. The van der Waals surface area contributed by atoms with Gasteiger partial charge in [0, 0.05) is 24.8 Å². The molecule has 3 aromatic rings. The van der Waals surface area contributed by atoms with Gasteiger partial charge >= 0.3 is 5.97 Å². The number of halogens is 1. The number of carbonyl (C=O) groups is 2. The highest BCUT2D eigenvalue weighted by Crippen LogP contribution is 2.36. The van der Waals surface area contributed by atoms with Gasteiger partial charge < -0.3 is 30.2 Å². The average molecular weight is 525 g/mol. The van der Waals surface area contributed by atoms with Crippen LogP contribution in [0.5, 0.6) is 0 Å². The summed E-state index contributed by atoms with van der Waals surface area (Å²) in [6.07, 6.45) is 2.91. The zero-order valence-corrected chi connectivity index (χ0v) is 20.9. The van der Waals surface area contributed by atoms with Crippen molar-refractivity contribution in [3.8, 4) is 22.6 Å². The molecule has 2 aromatic heterocycles. The number of nitrogens with zero attached hydrogens (tertiary/aromatic N) is 3. The normalized spacial score (nSPS) is 21.2. The first kappa shape index (κ1) is 25.7. The van der Waals surface area contributed by atoms with Crippen LogP contribution >= 0.6 is 0 Å². The maximum Gasteiger partial charge on any atom is 0.305 e. The topological polar surface area (TPSA) is 151 Å². The third kappa shape index (κ3) is 5.97. The Morgan fingerprint density at radius 3 is 2.58 bits per heavy atom. The van der Waals surface area contributed by atoms with Crippen molar-refractivity contribution in [3.05, 3.63) is 48.2 Å². The van der Waals surface area contributed by atoms with Crippen molar-refractivity contribution in [1.29, 1.82) is 0 Å². The zero-order valence-electron chi connectivity index (χ0n) is 20.9. The lowest BCUT2D eigenvalue weighted by Gasteiger charge is -2.35. The molecule has 1 saturated heterocycles. The molecule has 11 nitrogen and oxygen atoms in total. The summed E-state index contributed by atoms with van der Waals surface area (Å²) < 4.78 is 25.5. The minimum atomic E-state index is -0.936. The Hall–Kier alpha value is -3.90. The van der Waals surface area contributed by atoms with Crippen molar-refractivity contribution >= 4 is 17.8 Å². The number of nitrogens with one attached hydrogen (secondary N) is 3. The maximum absolute atomic E-state index is 13.6. The molecule has 1 aromatic carbocycles. The van der Waals surface area contributed by atoms with E-state index in [0.717, 1.165) is 12.8 Å². The Morgan fingerprint density at radius 1 is 1.16 bits per heavy atom. The first-order valence-electron chi connectivity index (χ1n) is 12.5. The van der Waals surface area contributed by atoms with E-state index in [2.05, 4.69) is 25.6 Å². The Kier molecular flexibility index (Phi) is 7.34. The highest BCUT2D eigenvalue weighted by molar-refractivity contribution is 5.82. The van der Waals surface area contributed by atoms with E-state index in [1.165, 1.54) is 12.1 Å². The van der Waals surface area contributed by atoms with Crippen molar-refractivity contribution in [1.82, 2.24) is 25.3 Å². The standard InChI is InChI=1S/C26H29FN6O5/c1-26(24(36)30-12-15-2-3-15)13-37-23(38-14-26)22-32-20(16-4-6-17(27)7-5-16)21(33-22)18-8-10-28-25(31-18)29-11-9-19(34)35/h4-8,10,15,23H,2-3,9,11-14H2,1H3,(H,30,36)(H,32,33)(H,34,35)(H,28,29,31). The Balaban J connectivity index is 1.37. The van der Waals surface area contributed by atoms with Crippen molar-refractivity contribution in [2.24, 2.45) is 11.3 Å². The van der Waals surface area contributed by atoms with Crippen LogP contribution in [-0.4, -0.2) is 63.2 Å². The Bertz CT molecular complexity index is 1300. The minimum absolute atomic E-state index is 0.0868. The lowest BCUT2D eigenvalue weighted by molar-refractivity contribution is -0.231. The number of aliphatic carboxylic acids is 1. The maximum atomic E-state index is 13.6. The van der Waals surface area contributed by atoms with E-state index < -0.39 is 17.7 Å². The first-order valence-corrected chi connectivity index (χ1v) is 12.5. The summed E-state index contributed by atoms with van der Waals surface area (Å²) in [6, 6.07) is 7.57. The number of aromatic nitrogens is 4. The molecule has 0 unspecified atom stereocenters. The molecule has 1 saturated carbocycles. The molecule has 4 N–H and O–H groups in total. The summed E-state index contributed by atoms with van der Waals surface area (Å²) >= 11 is 0. The largest absolute Gasteiger partial charge is 0.481 e. The van der Waals surface area contributed by atoms with Gasteiger partial charge in [0.25, 0.3) is 0 Å². The molecule has 200 valence electrons. The molecule has 12 heteroatoms. The zero-order chi connectivity index (χ0) is 26.7. The smallest absolute Gasteiger partial charge is 0.305 e. The molecule has 0 bridgehead atoms. The number of hydrogen-bond acceptors (Lipinski definition) is 8. The van der Waals surface area contributed by atoms with Gasteiger partial charge in [-0.1, -0.05) is 0 Å². The average Bonchev–Trinajstić information content (AvgIpc) is 3.64. The van der Waals surface area contributed by atoms with Crippen molar-refractivity contribution in [2.45, 2.75) is 32.5 Å². The fourth-order valence-corrected chi connectivity index (χ4v) is 4.04. The summed E-state index contributed by atoms with van der Waals surface area (Å²) in [7, 11) is 0. The van der Waals surface area contributed by atoms with Gasteiger partial charge in [0.2, 0.25) is 18.1 Å². The quantitative estimate of drug-likeness (QED) is 0.313. The molecule has 1 aliphatic carbocycles. The number of amides is 1. The molecule has 0 spiro atoms. The lowest BCUT2D eigenvalue weighted by atomic mass is 9.91. The van der Waals surface area contributed by atoms with Crippen LogP contribution in [-0.2, 0) is 19.1 Å². The van der Waals surface area contributed by atoms with Crippen LogP contribution in [0.2, 0.25) is 0 Å². The van der Waals surface area contributed by atoms with Gasteiger partial charge in [-0.05, 0) is 56.0 Å². The second kappa shape index (κ2) is 10.8. The highest BCUT2D eigenvalue weighted by Gasteiger charge is 2.41. The molecule has 2 fully saturated rings. The number of aromatic amines is 1. The Morgan fingerprint density at radius 2 is 1.89 bits per heavy atom. The predicted octanol–water partition coefficient (Wildman–Crippen LogP) is 3.14. The van der Waals surface area contributed by atoms with Gasteiger partial charge in [-0.3, -0.25) is 9.59 Å². The van der Waals surface area contributed by atoms with E-state index in [0.29, 0.717) is 40.9 Å². The summed E-state index contributed by atoms with van der Waals surface area (Å²) in [6.45, 7) is 2.95. The number of H-pyrrole nitrogens is 1. The molecule has 5 rings (SSSR count). The molecule has 3 heterocycles. The number of hydrogen-bond donors (Lipinski definition) is 4. The fourth-order valence-electron chi connectivity index (χ4n) is 4.04. The molecule has 0 radical (unpaired) electrons. The van der Waals surface area contributed by atoms with Crippen molar-refractivity contribution in [2.75, 3.05) is 31.6 Å². The van der Waals surface area contributed by atoms with Crippen LogP contribution in [0.3, 0.4) is 0 Å². The van der Waals surface area contributed by atoms with Crippen LogP contribution < -0.4 is 10.6 Å². The van der Waals surface area contributed by atoms with Gasteiger partial charge in [-0.2, -0.15) is 0 Å².